The Morgan fingerprint density at radius 1 is 1.59 bits per heavy atom. The molecule has 2 atom stereocenters. The molecule has 0 aliphatic heterocycles. The molecule has 3 N–H and O–H groups in total. The Morgan fingerprint density at radius 2 is 2.35 bits per heavy atom. The number of amides is 1. The van der Waals surface area contributed by atoms with Crippen molar-refractivity contribution in [1.82, 2.24) is 5.32 Å². The van der Waals surface area contributed by atoms with Gasteiger partial charge in [0.15, 0.2) is 0 Å². The molecule has 17 heavy (non-hydrogen) atoms. The minimum Gasteiger partial charge on any atom is -0.355 e. The van der Waals surface area contributed by atoms with Gasteiger partial charge < -0.3 is 11.1 Å². The van der Waals surface area contributed by atoms with Crippen LogP contribution in [0.4, 0.5) is 0 Å². The highest BCUT2D eigenvalue weighted by Crippen LogP contribution is 2.30. The second-order valence-electron chi connectivity index (χ2n) is 5.23. The summed E-state index contributed by atoms with van der Waals surface area (Å²) < 4.78 is 0. The summed E-state index contributed by atoms with van der Waals surface area (Å²) in [6.45, 7) is 2.79. The molecular weight excluding hydrogens is 214 g/mol. The molecule has 1 amide bonds. The van der Waals surface area contributed by atoms with Gasteiger partial charge in [0.25, 0.3) is 0 Å². The van der Waals surface area contributed by atoms with Gasteiger partial charge in [-0.05, 0) is 31.6 Å². The molecule has 0 aromatic carbocycles. The largest absolute Gasteiger partial charge is 0.355 e. The number of nitrogens with two attached hydrogens (primary N) is 1. The molecule has 0 aromatic heterocycles. The fraction of sp³-hybridized carbons (Fsp3) is 0.846. The van der Waals surface area contributed by atoms with E-state index in [-0.39, 0.29) is 5.91 Å². The first kappa shape index (κ1) is 14.0. The van der Waals surface area contributed by atoms with E-state index in [0.717, 1.165) is 32.1 Å². The van der Waals surface area contributed by atoms with Gasteiger partial charge in [-0.2, -0.15) is 5.26 Å². The Bertz CT molecular complexity index is 298. The molecule has 1 saturated carbocycles. The van der Waals surface area contributed by atoms with Crippen LogP contribution < -0.4 is 11.1 Å². The fourth-order valence-electron chi connectivity index (χ4n) is 2.51. The number of hydrogen-bond donors (Lipinski definition) is 2. The van der Waals surface area contributed by atoms with Crippen molar-refractivity contribution in [3.8, 4) is 6.07 Å². The second-order valence-corrected chi connectivity index (χ2v) is 5.23. The zero-order chi connectivity index (χ0) is 12.7. The Balaban J connectivity index is 2.28. The van der Waals surface area contributed by atoms with Crippen LogP contribution in [0.5, 0.6) is 0 Å². The molecular formula is C13H23N3O. The van der Waals surface area contributed by atoms with Crippen molar-refractivity contribution in [2.75, 3.05) is 6.54 Å². The van der Waals surface area contributed by atoms with Crippen LogP contribution in [0.25, 0.3) is 0 Å². The van der Waals surface area contributed by atoms with Crippen molar-refractivity contribution >= 4 is 5.91 Å². The SMILES string of the molecule is CC1CCCC(N)(C(=O)NCCCCC#N)C1. The van der Waals surface area contributed by atoms with Gasteiger partial charge in [0, 0.05) is 13.0 Å². The minimum absolute atomic E-state index is 0.0130. The quantitative estimate of drug-likeness (QED) is 0.714. The highest BCUT2D eigenvalue weighted by atomic mass is 16.2. The van der Waals surface area contributed by atoms with Crippen LogP contribution in [0.1, 0.15) is 51.9 Å². The Labute approximate surface area is 104 Å². The standard InChI is InChI=1S/C13H23N3O/c1-11-6-5-7-13(15,10-11)12(17)16-9-4-2-3-8-14/h11H,2-7,9-10,15H2,1H3,(H,16,17). The summed E-state index contributed by atoms with van der Waals surface area (Å²) in [6.07, 6.45) is 6.04. The molecule has 0 radical (unpaired) electrons. The van der Waals surface area contributed by atoms with E-state index in [9.17, 15) is 4.79 Å². The smallest absolute Gasteiger partial charge is 0.240 e. The lowest BCUT2D eigenvalue weighted by Crippen LogP contribution is -2.56. The lowest BCUT2D eigenvalue weighted by atomic mass is 9.76. The molecule has 1 rings (SSSR count). The molecule has 1 aliphatic carbocycles. The molecule has 0 saturated heterocycles. The van der Waals surface area contributed by atoms with E-state index >= 15 is 0 Å². The minimum atomic E-state index is -0.660. The van der Waals surface area contributed by atoms with Gasteiger partial charge >= 0.3 is 0 Å². The number of nitrogens with zero attached hydrogens (tertiary/aromatic N) is 1. The topological polar surface area (TPSA) is 78.9 Å². The molecule has 96 valence electrons. The number of hydrogen-bond acceptors (Lipinski definition) is 3. The van der Waals surface area contributed by atoms with E-state index in [0.29, 0.717) is 18.9 Å². The van der Waals surface area contributed by atoms with E-state index in [1.54, 1.807) is 0 Å². The molecule has 1 aliphatic rings. The summed E-state index contributed by atoms with van der Waals surface area (Å²) in [7, 11) is 0. The lowest BCUT2D eigenvalue weighted by Gasteiger charge is -2.35. The first-order valence-corrected chi connectivity index (χ1v) is 6.52. The molecule has 0 bridgehead atoms. The number of carbonyl (C=O) groups excluding carboxylic acids is 1. The van der Waals surface area contributed by atoms with Crippen LogP contribution >= 0.6 is 0 Å². The van der Waals surface area contributed by atoms with E-state index in [4.69, 9.17) is 11.0 Å². The van der Waals surface area contributed by atoms with Crippen LogP contribution in [0.15, 0.2) is 0 Å². The Hall–Kier alpha value is -1.08. The third-order valence-electron chi connectivity index (χ3n) is 3.49. The van der Waals surface area contributed by atoms with Gasteiger partial charge in [0.05, 0.1) is 11.6 Å². The van der Waals surface area contributed by atoms with Crippen molar-refractivity contribution in [3.05, 3.63) is 0 Å². The maximum atomic E-state index is 12.0. The first-order chi connectivity index (χ1) is 8.08. The van der Waals surface area contributed by atoms with Crippen molar-refractivity contribution < 1.29 is 4.79 Å². The third kappa shape index (κ3) is 4.35. The van der Waals surface area contributed by atoms with Crippen LogP contribution in [0, 0.1) is 17.2 Å². The monoisotopic (exact) mass is 237 g/mol. The van der Waals surface area contributed by atoms with Gasteiger partial charge in [-0.3, -0.25) is 4.79 Å². The predicted octanol–water partition coefficient (Wildman–Crippen LogP) is 1.70. The molecule has 4 nitrogen and oxygen atoms in total. The molecule has 0 spiro atoms. The third-order valence-corrected chi connectivity index (χ3v) is 3.49. The van der Waals surface area contributed by atoms with Crippen LogP contribution in [0.2, 0.25) is 0 Å². The summed E-state index contributed by atoms with van der Waals surface area (Å²) in [4.78, 5) is 12.0. The summed E-state index contributed by atoms with van der Waals surface area (Å²) in [5, 5.41) is 11.3. The number of unbranched alkanes of at least 4 members (excludes halogenated alkanes) is 2. The number of nitriles is 1. The summed E-state index contributed by atoms with van der Waals surface area (Å²) in [5.41, 5.74) is 5.51. The Kier molecular flexibility index (Phi) is 5.43. The molecule has 0 aromatic rings. The van der Waals surface area contributed by atoms with Gasteiger partial charge in [0.2, 0.25) is 5.91 Å². The fourth-order valence-corrected chi connectivity index (χ4v) is 2.51. The lowest BCUT2D eigenvalue weighted by molar-refractivity contribution is -0.128. The second kappa shape index (κ2) is 6.61. The summed E-state index contributed by atoms with van der Waals surface area (Å²) in [5.74, 6) is 0.527. The van der Waals surface area contributed by atoms with E-state index in [1.165, 1.54) is 6.42 Å². The average Bonchev–Trinajstić information content (AvgIpc) is 2.28. The maximum Gasteiger partial charge on any atom is 0.240 e. The molecule has 1 fully saturated rings. The van der Waals surface area contributed by atoms with E-state index in [2.05, 4.69) is 18.3 Å². The first-order valence-electron chi connectivity index (χ1n) is 6.52. The maximum absolute atomic E-state index is 12.0. The molecule has 4 heteroatoms. The number of carbonyl (C=O) groups is 1. The van der Waals surface area contributed by atoms with Crippen molar-refractivity contribution in [2.24, 2.45) is 11.7 Å². The molecule has 0 heterocycles. The van der Waals surface area contributed by atoms with E-state index in [1.807, 2.05) is 0 Å². The summed E-state index contributed by atoms with van der Waals surface area (Å²) in [6, 6.07) is 2.10. The van der Waals surface area contributed by atoms with Gasteiger partial charge in [0.1, 0.15) is 0 Å². The predicted molar refractivity (Wildman–Crippen MR) is 67.0 cm³/mol. The van der Waals surface area contributed by atoms with Crippen molar-refractivity contribution in [1.29, 1.82) is 5.26 Å². The average molecular weight is 237 g/mol. The zero-order valence-corrected chi connectivity index (χ0v) is 10.7. The molecule has 2 unspecified atom stereocenters. The normalized spacial score (nSPS) is 28.4. The van der Waals surface area contributed by atoms with Gasteiger partial charge in [-0.1, -0.05) is 19.8 Å². The van der Waals surface area contributed by atoms with Crippen molar-refractivity contribution in [2.45, 2.75) is 57.4 Å². The van der Waals surface area contributed by atoms with E-state index < -0.39 is 5.54 Å². The Morgan fingerprint density at radius 3 is 3.00 bits per heavy atom. The van der Waals surface area contributed by atoms with Crippen LogP contribution in [-0.4, -0.2) is 18.0 Å². The highest BCUT2D eigenvalue weighted by molar-refractivity contribution is 5.86. The van der Waals surface area contributed by atoms with Gasteiger partial charge in [-0.25, -0.2) is 0 Å². The van der Waals surface area contributed by atoms with Gasteiger partial charge in [-0.15, -0.1) is 0 Å². The zero-order valence-electron chi connectivity index (χ0n) is 10.7. The summed E-state index contributed by atoms with van der Waals surface area (Å²) >= 11 is 0. The highest BCUT2D eigenvalue weighted by Gasteiger charge is 2.37. The number of nitrogens with one attached hydrogen (secondary N) is 1. The van der Waals surface area contributed by atoms with Crippen LogP contribution in [-0.2, 0) is 4.79 Å². The van der Waals surface area contributed by atoms with Crippen molar-refractivity contribution in [3.63, 3.8) is 0 Å². The number of rotatable bonds is 5. The van der Waals surface area contributed by atoms with Crippen LogP contribution in [0.3, 0.4) is 0 Å².